The Morgan fingerprint density at radius 3 is 2.75 bits per heavy atom. The largest absolute Gasteiger partial charge is 0.480 e. The zero-order valence-corrected chi connectivity index (χ0v) is 10.6. The first kappa shape index (κ1) is 15.4. The highest BCUT2D eigenvalue weighted by atomic mass is 35.5. The van der Waals surface area contributed by atoms with E-state index in [2.05, 4.69) is 10.1 Å². The Balaban J connectivity index is 3.92. The highest BCUT2D eigenvalue weighted by molar-refractivity contribution is 7.99. The number of hydrogen-bond donors (Lipinski definition) is 2. The molecule has 0 heterocycles. The Labute approximate surface area is 104 Å². The molecule has 1 atom stereocenters. The Bertz CT molecular complexity index is 228. The molecule has 0 aliphatic carbocycles. The number of alkyl halides is 1. The van der Waals surface area contributed by atoms with Crippen molar-refractivity contribution < 1.29 is 19.4 Å². The topological polar surface area (TPSA) is 75.6 Å². The summed E-state index contributed by atoms with van der Waals surface area (Å²) in [6.07, 6.45) is -0.362. The van der Waals surface area contributed by atoms with Crippen molar-refractivity contribution >= 4 is 35.4 Å². The number of rotatable bonds is 8. The van der Waals surface area contributed by atoms with Gasteiger partial charge < -0.3 is 15.2 Å². The average Bonchev–Trinajstić information content (AvgIpc) is 2.25. The molecule has 0 saturated heterocycles. The van der Waals surface area contributed by atoms with E-state index in [4.69, 9.17) is 16.7 Å². The number of thioether (sulfide) groups is 1. The van der Waals surface area contributed by atoms with Crippen LogP contribution in [0.5, 0.6) is 0 Å². The molecule has 0 spiro atoms. The number of carbonyl (C=O) groups is 2. The first-order chi connectivity index (χ1) is 7.61. The van der Waals surface area contributed by atoms with Gasteiger partial charge in [0.05, 0.1) is 5.88 Å². The minimum atomic E-state index is -1.06. The van der Waals surface area contributed by atoms with Gasteiger partial charge in [-0.15, -0.1) is 11.6 Å². The van der Waals surface area contributed by atoms with Gasteiger partial charge >= 0.3 is 12.1 Å². The number of alkyl carbamates (subject to hydrolysis) is 1. The molecule has 0 aliphatic rings. The molecule has 0 rings (SSSR count). The summed E-state index contributed by atoms with van der Waals surface area (Å²) in [5.41, 5.74) is 0. The fourth-order valence-corrected chi connectivity index (χ4v) is 1.69. The van der Waals surface area contributed by atoms with Crippen molar-refractivity contribution in [3.8, 4) is 0 Å². The number of amides is 1. The Kier molecular flexibility index (Phi) is 9.22. The average molecular weight is 270 g/mol. The number of ether oxygens (including phenoxy) is 1. The van der Waals surface area contributed by atoms with Crippen molar-refractivity contribution in [1.29, 1.82) is 0 Å². The fraction of sp³-hybridized carbons (Fsp3) is 0.778. The number of hydrogen-bond acceptors (Lipinski definition) is 4. The standard InChI is InChI=1S/C9H16ClNO4S/c1-2-16-6-3-7(8(12)13)11-9(14)15-5-4-10/h7H,2-6H2,1H3,(H,11,14)(H,12,13). The zero-order valence-electron chi connectivity index (χ0n) is 9.07. The van der Waals surface area contributed by atoms with Gasteiger partial charge in [-0.2, -0.15) is 11.8 Å². The second-order valence-electron chi connectivity index (χ2n) is 2.85. The Morgan fingerprint density at radius 1 is 1.56 bits per heavy atom. The van der Waals surface area contributed by atoms with Crippen LogP contribution in [0.25, 0.3) is 0 Å². The van der Waals surface area contributed by atoms with Gasteiger partial charge in [-0.3, -0.25) is 0 Å². The molecule has 16 heavy (non-hydrogen) atoms. The summed E-state index contributed by atoms with van der Waals surface area (Å²) in [5.74, 6) is 0.739. The summed E-state index contributed by atoms with van der Waals surface area (Å²) in [6.45, 7) is 2.06. The van der Waals surface area contributed by atoms with Crippen LogP contribution in [-0.2, 0) is 9.53 Å². The van der Waals surface area contributed by atoms with Crippen LogP contribution in [0.2, 0.25) is 0 Å². The smallest absolute Gasteiger partial charge is 0.407 e. The first-order valence-corrected chi connectivity index (χ1v) is 6.60. The molecule has 0 aromatic rings. The minimum Gasteiger partial charge on any atom is -0.480 e. The molecule has 94 valence electrons. The lowest BCUT2D eigenvalue weighted by Gasteiger charge is -2.13. The van der Waals surface area contributed by atoms with Gasteiger partial charge in [0.1, 0.15) is 12.6 Å². The number of carboxylic acids is 1. The second kappa shape index (κ2) is 9.59. The lowest BCUT2D eigenvalue weighted by molar-refractivity contribution is -0.139. The molecule has 7 heteroatoms. The summed E-state index contributed by atoms with van der Waals surface area (Å²) < 4.78 is 4.63. The van der Waals surface area contributed by atoms with E-state index in [0.717, 1.165) is 5.75 Å². The zero-order chi connectivity index (χ0) is 12.4. The van der Waals surface area contributed by atoms with E-state index < -0.39 is 18.1 Å². The normalized spacial score (nSPS) is 11.9. The number of aliphatic carboxylic acids is 1. The van der Waals surface area contributed by atoms with Crippen molar-refractivity contribution in [2.45, 2.75) is 19.4 Å². The van der Waals surface area contributed by atoms with E-state index >= 15 is 0 Å². The number of halogens is 1. The molecule has 1 amide bonds. The van der Waals surface area contributed by atoms with Crippen molar-refractivity contribution in [3.05, 3.63) is 0 Å². The number of carbonyl (C=O) groups excluding carboxylic acids is 1. The molecule has 5 nitrogen and oxygen atoms in total. The highest BCUT2D eigenvalue weighted by Gasteiger charge is 2.19. The summed E-state index contributed by atoms with van der Waals surface area (Å²) in [7, 11) is 0. The Morgan fingerprint density at radius 2 is 2.25 bits per heavy atom. The third kappa shape index (κ3) is 7.64. The summed E-state index contributed by atoms with van der Waals surface area (Å²) in [6, 6.07) is -0.901. The van der Waals surface area contributed by atoms with Crippen LogP contribution in [0.15, 0.2) is 0 Å². The maximum Gasteiger partial charge on any atom is 0.407 e. The molecular weight excluding hydrogens is 254 g/mol. The van der Waals surface area contributed by atoms with Crippen LogP contribution in [0, 0.1) is 0 Å². The van der Waals surface area contributed by atoms with E-state index in [1.807, 2.05) is 6.92 Å². The summed E-state index contributed by atoms with van der Waals surface area (Å²) >= 11 is 6.94. The third-order valence-corrected chi connectivity index (χ3v) is 2.74. The van der Waals surface area contributed by atoms with Crippen LogP contribution in [0.1, 0.15) is 13.3 Å². The molecular formula is C9H16ClNO4S. The lowest BCUT2D eigenvalue weighted by Crippen LogP contribution is -2.41. The van der Waals surface area contributed by atoms with Crippen LogP contribution in [0.3, 0.4) is 0 Å². The predicted molar refractivity (Wildman–Crippen MR) is 64.2 cm³/mol. The van der Waals surface area contributed by atoms with Gasteiger partial charge in [-0.1, -0.05) is 6.92 Å². The van der Waals surface area contributed by atoms with Gasteiger partial charge in [0.15, 0.2) is 0 Å². The van der Waals surface area contributed by atoms with Crippen LogP contribution in [0.4, 0.5) is 4.79 Å². The fourth-order valence-electron chi connectivity index (χ4n) is 0.918. The lowest BCUT2D eigenvalue weighted by atomic mass is 10.2. The van der Waals surface area contributed by atoms with Crippen molar-refractivity contribution in [1.82, 2.24) is 5.32 Å². The van der Waals surface area contributed by atoms with E-state index in [9.17, 15) is 9.59 Å². The van der Waals surface area contributed by atoms with Gasteiger partial charge in [0.2, 0.25) is 0 Å². The molecule has 0 radical (unpaired) electrons. The molecule has 0 fully saturated rings. The van der Waals surface area contributed by atoms with Crippen molar-refractivity contribution in [3.63, 3.8) is 0 Å². The highest BCUT2D eigenvalue weighted by Crippen LogP contribution is 2.04. The second-order valence-corrected chi connectivity index (χ2v) is 4.62. The SMILES string of the molecule is CCSCCC(NC(=O)OCCCl)C(=O)O. The number of carboxylic acid groups (broad SMARTS) is 1. The molecule has 0 aliphatic heterocycles. The minimum absolute atomic E-state index is 0.0729. The first-order valence-electron chi connectivity index (χ1n) is 4.91. The molecule has 1 unspecified atom stereocenters. The summed E-state index contributed by atoms with van der Waals surface area (Å²) in [5, 5.41) is 11.1. The van der Waals surface area contributed by atoms with E-state index in [-0.39, 0.29) is 12.5 Å². The maximum absolute atomic E-state index is 11.1. The van der Waals surface area contributed by atoms with Gasteiger partial charge in [-0.25, -0.2) is 9.59 Å². The number of nitrogens with one attached hydrogen (secondary N) is 1. The Hall–Kier alpha value is -0.620. The molecule has 0 aromatic carbocycles. The quantitative estimate of drug-likeness (QED) is 0.516. The van der Waals surface area contributed by atoms with E-state index in [0.29, 0.717) is 12.2 Å². The molecule has 0 bridgehead atoms. The molecule has 2 N–H and O–H groups in total. The van der Waals surface area contributed by atoms with E-state index in [1.54, 1.807) is 11.8 Å². The van der Waals surface area contributed by atoms with Crippen LogP contribution >= 0.6 is 23.4 Å². The predicted octanol–water partition coefficient (Wildman–Crippen LogP) is 1.55. The van der Waals surface area contributed by atoms with Crippen molar-refractivity contribution in [2.75, 3.05) is 24.0 Å². The van der Waals surface area contributed by atoms with Gasteiger partial charge in [0, 0.05) is 0 Å². The van der Waals surface area contributed by atoms with Crippen LogP contribution in [-0.4, -0.2) is 47.2 Å². The monoisotopic (exact) mass is 269 g/mol. The summed E-state index contributed by atoms with van der Waals surface area (Å²) in [4.78, 5) is 21.9. The maximum atomic E-state index is 11.1. The van der Waals surface area contributed by atoms with Gasteiger partial charge in [0.25, 0.3) is 0 Å². The molecule has 0 saturated carbocycles. The van der Waals surface area contributed by atoms with Crippen molar-refractivity contribution in [2.24, 2.45) is 0 Å². The van der Waals surface area contributed by atoms with Crippen LogP contribution < -0.4 is 5.32 Å². The van der Waals surface area contributed by atoms with Gasteiger partial charge in [-0.05, 0) is 17.9 Å². The van der Waals surface area contributed by atoms with E-state index in [1.165, 1.54) is 0 Å². The molecule has 0 aromatic heterocycles. The third-order valence-electron chi connectivity index (χ3n) is 1.66.